The summed E-state index contributed by atoms with van der Waals surface area (Å²) in [6.45, 7) is 0. The van der Waals surface area contributed by atoms with Crippen LogP contribution in [0.2, 0.25) is 0 Å². The number of hydrogen-bond acceptors (Lipinski definition) is 10. The molecule has 10 nitrogen and oxygen atoms in total. The Labute approximate surface area is 386 Å². The fourth-order valence-electron chi connectivity index (χ4n) is 6.73. The van der Waals surface area contributed by atoms with Gasteiger partial charge in [0.25, 0.3) is 0 Å². The third-order valence-corrected chi connectivity index (χ3v) is 11.9. The molecular formula is C51H40F6N4O6S. The maximum absolute atomic E-state index is 14.4. The lowest BCUT2D eigenvalue weighted by Crippen LogP contribution is -2.54. The van der Waals surface area contributed by atoms with Gasteiger partial charge in [-0.05, 0) is 181 Å². The quantitative estimate of drug-likeness (QED) is 0.0681. The number of nitrogens with two attached hydrogens (primary N) is 4. The highest BCUT2D eigenvalue weighted by molar-refractivity contribution is 7.91. The molecule has 8 aromatic carbocycles. The van der Waals surface area contributed by atoms with Crippen molar-refractivity contribution in [3.8, 4) is 46.0 Å². The largest absolute Gasteiger partial charge is 0.457 e. The van der Waals surface area contributed by atoms with Gasteiger partial charge in [0.15, 0.2) is 0 Å². The predicted molar refractivity (Wildman–Crippen MR) is 248 cm³/mol. The van der Waals surface area contributed by atoms with E-state index in [4.69, 9.17) is 41.9 Å². The van der Waals surface area contributed by atoms with Crippen LogP contribution in [0.1, 0.15) is 11.1 Å². The monoisotopic (exact) mass is 950 g/mol. The van der Waals surface area contributed by atoms with E-state index in [1.165, 1.54) is 48.5 Å². The van der Waals surface area contributed by atoms with Crippen molar-refractivity contribution in [2.45, 2.75) is 27.6 Å². The lowest BCUT2D eigenvalue weighted by Gasteiger charge is -2.38. The van der Waals surface area contributed by atoms with E-state index in [1.54, 1.807) is 97.1 Å². The molecule has 0 aliphatic rings. The Morgan fingerprint density at radius 1 is 0.294 bits per heavy atom. The van der Waals surface area contributed by atoms with Gasteiger partial charge in [0.05, 0.1) is 9.79 Å². The van der Waals surface area contributed by atoms with Crippen molar-refractivity contribution in [2.24, 2.45) is 0 Å². The number of nitrogen functional groups attached to an aromatic ring is 4. The van der Waals surface area contributed by atoms with Crippen molar-refractivity contribution in [3.05, 3.63) is 205 Å². The first-order valence-electron chi connectivity index (χ1n) is 20.2. The summed E-state index contributed by atoms with van der Waals surface area (Å²) >= 11 is 0. The van der Waals surface area contributed by atoms with Crippen LogP contribution >= 0.6 is 0 Å². The summed E-state index contributed by atoms with van der Waals surface area (Å²) in [5.74, 6) is 3.01. The Bertz CT molecular complexity index is 2830. The summed E-state index contributed by atoms with van der Waals surface area (Å²) in [6.07, 6.45) is -11.4. The Hall–Kier alpha value is -8.31. The van der Waals surface area contributed by atoms with Gasteiger partial charge in [0.1, 0.15) is 46.0 Å². The normalized spacial score (nSPS) is 11.7. The molecule has 0 amide bonds. The molecule has 0 saturated carbocycles. The van der Waals surface area contributed by atoms with E-state index in [9.17, 15) is 34.8 Å². The SMILES string of the molecule is Nc1ccc(Oc2ccc(C(c3ccc(Oc4ccc(N)cc4)cc3)(C(F)(F)F)C(F)(F)F)cc2)cc1.Nc1ccc(Oc2ccc(S(=O)(=O)c3ccc(Oc4ccc(N)cc4)cc3)cc2)cc1. The summed E-state index contributed by atoms with van der Waals surface area (Å²) < 4.78 is 135. The Kier molecular flexibility index (Phi) is 13.8. The zero-order valence-electron chi connectivity index (χ0n) is 35.4. The lowest BCUT2D eigenvalue weighted by molar-refractivity contribution is -0.288. The third-order valence-electron chi connectivity index (χ3n) is 10.2. The molecule has 0 aromatic heterocycles. The molecule has 17 heteroatoms. The van der Waals surface area contributed by atoms with Crippen LogP contribution in [0.4, 0.5) is 49.1 Å². The highest BCUT2D eigenvalue weighted by Crippen LogP contribution is 2.56. The van der Waals surface area contributed by atoms with E-state index < -0.39 is 38.7 Å². The molecule has 8 N–H and O–H groups in total. The Morgan fingerprint density at radius 3 is 0.662 bits per heavy atom. The number of ether oxygens (including phenoxy) is 4. The van der Waals surface area contributed by atoms with Crippen molar-refractivity contribution in [1.82, 2.24) is 0 Å². The van der Waals surface area contributed by atoms with Gasteiger partial charge in [-0.25, -0.2) is 8.42 Å². The van der Waals surface area contributed by atoms with Gasteiger partial charge in [-0.2, -0.15) is 26.3 Å². The molecule has 0 heterocycles. The predicted octanol–water partition coefficient (Wildman–Crippen LogP) is 13.1. The molecule has 8 rings (SSSR count). The van der Waals surface area contributed by atoms with Crippen LogP contribution in [0.15, 0.2) is 204 Å². The summed E-state index contributed by atoms with van der Waals surface area (Å²) in [4.78, 5) is 0.341. The van der Waals surface area contributed by atoms with E-state index in [1.807, 2.05) is 0 Å². The minimum Gasteiger partial charge on any atom is -0.457 e. The van der Waals surface area contributed by atoms with E-state index in [0.29, 0.717) is 57.2 Å². The van der Waals surface area contributed by atoms with Crippen molar-refractivity contribution < 1.29 is 53.7 Å². The topological polar surface area (TPSA) is 175 Å². The number of sulfone groups is 1. The molecule has 348 valence electrons. The minimum absolute atomic E-state index is 0.0546. The minimum atomic E-state index is -5.72. The van der Waals surface area contributed by atoms with E-state index in [-0.39, 0.29) is 21.3 Å². The molecule has 0 bridgehead atoms. The number of hydrogen-bond donors (Lipinski definition) is 4. The van der Waals surface area contributed by atoms with Crippen molar-refractivity contribution >= 4 is 32.6 Å². The first kappa shape index (κ1) is 47.6. The van der Waals surface area contributed by atoms with Crippen molar-refractivity contribution in [1.29, 1.82) is 0 Å². The van der Waals surface area contributed by atoms with E-state index >= 15 is 0 Å². The van der Waals surface area contributed by atoms with Gasteiger partial charge in [-0.1, -0.05) is 24.3 Å². The molecule has 0 fully saturated rings. The van der Waals surface area contributed by atoms with E-state index in [0.717, 1.165) is 48.5 Å². The molecule has 0 aliphatic carbocycles. The molecule has 0 atom stereocenters. The molecule has 0 radical (unpaired) electrons. The number of rotatable bonds is 12. The summed E-state index contributed by atoms with van der Waals surface area (Å²) in [5, 5.41) is 0. The molecule has 0 saturated heterocycles. The van der Waals surface area contributed by atoms with Crippen molar-refractivity contribution in [3.63, 3.8) is 0 Å². The molecule has 68 heavy (non-hydrogen) atoms. The molecule has 0 spiro atoms. The second kappa shape index (κ2) is 19.7. The smallest absolute Gasteiger partial charge is 0.411 e. The molecule has 0 aliphatic heterocycles. The fourth-order valence-corrected chi connectivity index (χ4v) is 7.99. The average molecular weight is 951 g/mol. The van der Waals surface area contributed by atoms with Gasteiger partial charge in [-0.3, -0.25) is 0 Å². The number of alkyl halides is 6. The first-order valence-corrected chi connectivity index (χ1v) is 21.7. The van der Waals surface area contributed by atoms with Crippen molar-refractivity contribution in [2.75, 3.05) is 22.9 Å². The number of anilines is 4. The fraction of sp³-hybridized carbons (Fsp3) is 0.0588. The zero-order chi connectivity index (χ0) is 48.7. The van der Waals surface area contributed by atoms with Crippen LogP contribution in [0.5, 0.6) is 46.0 Å². The summed E-state index contributed by atoms with van der Waals surface area (Å²) in [6, 6.07) is 45.9. The summed E-state index contributed by atoms with van der Waals surface area (Å²) in [7, 11) is -3.67. The maximum atomic E-state index is 14.4. The Morgan fingerprint density at radius 2 is 0.471 bits per heavy atom. The number of benzene rings is 8. The zero-order valence-corrected chi connectivity index (χ0v) is 36.2. The molecule has 0 unspecified atom stereocenters. The second-order valence-electron chi connectivity index (χ2n) is 14.9. The Balaban J connectivity index is 0.000000204. The first-order chi connectivity index (χ1) is 32.3. The second-order valence-corrected chi connectivity index (χ2v) is 16.9. The van der Waals surface area contributed by atoms with Crippen LogP contribution in [-0.2, 0) is 15.3 Å². The van der Waals surface area contributed by atoms with Crippen LogP contribution in [-0.4, -0.2) is 20.8 Å². The average Bonchev–Trinajstić information content (AvgIpc) is 3.30. The van der Waals surface area contributed by atoms with Crippen LogP contribution in [0, 0.1) is 0 Å². The highest BCUT2D eigenvalue weighted by atomic mass is 32.2. The third kappa shape index (κ3) is 11.0. The van der Waals surface area contributed by atoms with Crippen LogP contribution in [0.3, 0.4) is 0 Å². The van der Waals surface area contributed by atoms with Crippen LogP contribution < -0.4 is 41.9 Å². The maximum Gasteiger partial charge on any atom is 0.411 e. The van der Waals surface area contributed by atoms with Gasteiger partial charge in [0.2, 0.25) is 15.3 Å². The standard InChI is InChI=1S/C27H20F6N2O2.C24H20N2O4S/c28-26(29,30)25(27(31,32)33,17-1-9-21(10-2-17)36-23-13-5-19(34)6-14-23)18-3-11-22(12-4-18)37-24-15-7-20(35)8-16-24;25-17-1-5-19(6-2-17)29-21-9-13-23(14-10-21)31(27,28)24-15-11-22(12-16-24)30-20-7-3-18(26)4-8-20/h1-16H,34-35H2;1-16H,25-26H2. The van der Waals surface area contributed by atoms with E-state index in [2.05, 4.69) is 0 Å². The van der Waals surface area contributed by atoms with Gasteiger partial charge in [0, 0.05) is 22.7 Å². The highest BCUT2D eigenvalue weighted by Gasteiger charge is 2.72. The van der Waals surface area contributed by atoms with Gasteiger partial charge >= 0.3 is 12.4 Å². The summed E-state index contributed by atoms with van der Waals surface area (Å²) in [5.41, 5.74) is 18.4. The van der Waals surface area contributed by atoms with Gasteiger partial charge in [-0.15, -0.1) is 0 Å². The lowest BCUT2D eigenvalue weighted by atomic mass is 9.73. The molecule has 8 aromatic rings. The van der Waals surface area contributed by atoms with Gasteiger partial charge < -0.3 is 41.9 Å². The number of halogens is 6. The van der Waals surface area contributed by atoms with Crippen LogP contribution in [0.25, 0.3) is 0 Å². The molecular weight excluding hydrogens is 911 g/mol.